The van der Waals surface area contributed by atoms with Gasteiger partial charge in [0.25, 0.3) is 0 Å². The third-order valence-electron chi connectivity index (χ3n) is 4.24. The quantitative estimate of drug-likeness (QED) is 0.739. The molecule has 2 fully saturated rings. The molecule has 1 heterocycles. The minimum Gasteiger partial charge on any atom is -0.351 e. The van der Waals surface area contributed by atoms with Crippen LogP contribution in [0.4, 0.5) is 0 Å². The Morgan fingerprint density at radius 1 is 0.909 bits per heavy atom. The fourth-order valence-corrected chi connectivity index (χ4v) is 2.76. The lowest BCUT2D eigenvalue weighted by Crippen LogP contribution is -2.51. The normalized spacial score (nSPS) is 20.6. The highest BCUT2D eigenvalue weighted by Gasteiger charge is 2.35. The van der Waals surface area contributed by atoms with Crippen molar-refractivity contribution in [1.29, 1.82) is 0 Å². The van der Waals surface area contributed by atoms with E-state index in [9.17, 15) is 4.79 Å². The van der Waals surface area contributed by atoms with Gasteiger partial charge in [-0.15, -0.1) is 0 Å². The minimum absolute atomic E-state index is 0.120. The standard InChI is InChI=1S/C11H22N2O.C6H12.C2H6/c1-10(2,3)13-9(14)11(4)5-7-12-8-6-11;1-2-4-6-5-3-1;1-2/h12H,5-8H2,1-4H3,(H,13,14);1-6H2;1-2H3. The molecule has 0 aromatic rings. The van der Waals surface area contributed by atoms with Crippen LogP contribution >= 0.6 is 0 Å². The van der Waals surface area contributed by atoms with Crippen molar-refractivity contribution in [2.24, 2.45) is 5.41 Å². The molecular formula is C19H40N2O. The van der Waals surface area contributed by atoms with Crippen LogP contribution < -0.4 is 10.6 Å². The van der Waals surface area contributed by atoms with Crippen LogP contribution in [0.1, 0.15) is 92.9 Å². The predicted octanol–water partition coefficient (Wildman–Crippen LogP) is 4.66. The highest BCUT2D eigenvalue weighted by Crippen LogP contribution is 2.28. The van der Waals surface area contributed by atoms with E-state index < -0.39 is 0 Å². The van der Waals surface area contributed by atoms with Crippen molar-refractivity contribution in [3.05, 3.63) is 0 Å². The van der Waals surface area contributed by atoms with Gasteiger partial charge in [-0.3, -0.25) is 4.79 Å². The third kappa shape index (κ3) is 9.45. The summed E-state index contributed by atoms with van der Waals surface area (Å²) >= 11 is 0. The molecule has 0 bridgehead atoms. The number of carbonyl (C=O) groups is 1. The molecule has 2 aliphatic rings. The van der Waals surface area contributed by atoms with Gasteiger partial charge in [-0.25, -0.2) is 0 Å². The van der Waals surface area contributed by atoms with Crippen LogP contribution in [0.2, 0.25) is 0 Å². The number of hydrogen-bond acceptors (Lipinski definition) is 2. The van der Waals surface area contributed by atoms with Crippen LogP contribution in [0.15, 0.2) is 0 Å². The van der Waals surface area contributed by atoms with Crippen LogP contribution in [0.3, 0.4) is 0 Å². The predicted molar refractivity (Wildman–Crippen MR) is 97.2 cm³/mol. The zero-order valence-corrected chi connectivity index (χ0v) is 16.0. The molecule has 3 heteroatoms. The maximum absolute atomic E-state index is 12.0. The average Bonchev–Trinajstić information content (AvgIpc) is 2.51. The zero-order valence-electron chi connectivity index (χ0n) is 16.0. The average molecular weight is 313 g/mol. The van der Waals surface area contributed by atoms with E-state index in [1.807, 2.05) is 34.6 Å². The maximum Gasteiger partial charge on any atom is 0.226 e. The molecule has 1 amide bonds. The number of piperidine rings is 1. The maximum atomic E-state index is 12.0. The summed E-state index contributed by atoms with van der Waals surface area (Å²) in [5.41, 5.74) is -0.288. The van der Waals surface area contributed by atoms with Crippen molar-refractivity contribution in [1.82, 2.24) is 10.6 Å². The summed E-state index contributed by atoms with van der Waals surface area (Å²) in [6, 6.07) is 0. The molecule has 0 aromatic heterocycles. The molecular weight excluding hydrogens is 272 g/mol. The van der Waals surface area contributed by atoms with E-state index >= 15 is 0 Å². The molecule has 1 saturated carbocycles. The van der Waals surface area contributed by atoms with Crippen LogP contribution in [-0.2, 0) is 4.79 Å². The fourth-order valence-electron chi connectivity index (χ4n) is 2.76. The van der Waals surface area contributed by atoms with E-state index in [-0.39, 0.29) is 16.9 Å². The van der Waals surface area contributed by atoms with E-state index in [0.717, 1.165) is 25.9 Å². The molecule has 0 aromatic carbocycles. The van der Waals surface area contributed by atoms with Gasteiger partial charge >= 0.3 is 0 Å². The Kier molecular flexibility index (Phi) is 10.8. The van der Waals surface area contributed by atoms with Crippen LogP contribution in [0.25, 0.3) is 0 Å². The summed E-state index contributed by atoms with van der Waals surface area (Å²) in [6.45, 7) is 14.0. The Morgan fingerprint density at radius 2 is 1.27 bits per heavy atom. The largest absolute Gasteiger partial charge is 0.351 e. The van der Waals surface area contributed by atoms with Gasteiger partial charge in [-0.1, -0.05) is 59.3 Å². The number of nitrogens with one attached hydrogen (secondary N) is 2. The number of rotatable bonds is 1. The van der Waals surface area contributed by atoms with Crippen LogP contribution in [0.5, 0.6) is 0 Å². The van der Waals surface area contributed by atoms with E-state index in [0.29, 0.717) is 0 Å². The van der Waals surface area contributed by atoms with Gasteiger partial charge in [0.05, 0.1) is 0 Å². The van der Waals surface area contributed by atoms with Crippen LogP contribution in [-0.4, -0.2) is 24.5 Å². The van der Waals surface area contributed by atoms with E-state index in [2.05, 4.69) is 17.6 Å². The molecule has 1 aliphatic heterocycles. The molecule has 0 atom stereocenters. The van der Waals surface area contributed by atoms with Crippen molar-refractivity contribution >= 4 is 5.91 Å². The number of carbonyl (C=O) groups excluding carboxylic acids is 1. The Bertz CT molecular complexity index is 273. The molecule has 3 nitrogen and oxygen atoms in total. The first kappa shape index (κ1) is 21.4. The third-order valence-corrected chi connectivity index (χ3v) is 4.24. The Balaban J connectivity index is 0.000000457. The van der Waals surface area contributed by atoms with Crippen molar-refractivity contribution < 1.29 is 4.79 Å². The van der Waals surface area contributed by atoms with Gasteiger partial charge < -0.3 is 10.6 Å². The molecule has 22 heavy (non-hydrogen) atoms. The molecule has 132 valence electrons. The summed E-state index contributed by atoms with van der Waals surface area (Å²) in [7, 11) is 0. The monoisotopic (exact) mass is 312 g/mol. The Labute approximate surface area is 139 Å². The van der Waals surface area contributed by atoms with Gasteiger partial charge in [-0.05, 0) is 46.7 Å². The summed E-state index contributed by atoms with van der Waals surface area (Å²) in [6.07, 6.45) is 10.9. The van der Waals surface area contributed by atoms with Crippen molar-refractivity contribution in [3.63, 3.8) is 0 Å². The summed E-state index contributed by atoms with van der Waals surface area (Å²) in [4.78, 5) is 12.0. The minimum atomic E-state index is -0.168. The molecule has 1 aliphatic carbocycles. The van der Waals surface area contributed by atoms with Crippen LogP contribution in [0, 0.1) is 5.41 Å². The van der Waals surface area contributed by atoms with Gasteiger partial charge in [0, 0.05) is 11.0 Å². The molecule has 1 saturated heterocycles. The first-order valence-corrected chi connectivity index (χ1v) is 9.37. The van der Waals surface area contributed by atoms with Crippen molar-refractivity contribution in [3.8, 4) is 0 Å². The molecule has 2 N–H and O–H groups in total. The van der Waals surface area contributed by atoms with E-state index in [1.54, 1.807) is 0 Å². The fraction of sp³-hybridized carbons (Fsp3) is 0.947. The Morgan fingerprint density at radius 3 is 1.59 bits per heavy atom. The second-order valence-corrected chi connectivity index (χ2v) is 7.64. The number of amides is 1. The lowest BCUT2D eigenvalue weighted by molar-refractivity contribution is -0.133. The summed E-state index contributed by atoms with van der Waals surface area (Å²) < 4.78 is 0. The second-order valence-electron chi connectivity index (χ2n) is 7.64. The van der Waals surface area contributed by atoms with Gasteiger partial charge in [0.1, 0.15) is 0 Å². The topological polar surface area (TPSA) is 41.1 Å². The highest BCUT2D eigenvalue weighted by molar-refractivity contribution is 5.82. The van der Waals surface area contributed by atoms with Crippen molar-refractivity contribution in [2.45, 2.75) is 98.4 Å². The van der Waals surface area contributed by atoms with Crippen molar-refractivity contribution in [2.75, 3.05) is 13.1 Å². The molecule has 0 radical (unpaired) electrons. The SMILES string of the molecule is C1CCCCC1.CC.CC(C)(C)NC(=O)C1(C)CCNCC1. The molecule has 2 rings (SSSR count). The second kappa shape index (κ2) is 11.0. The first-order chi connectivity index (χ1) is 10.3. The highest BCUT2D eigenvalue weighted by atomic mass is 16.2. The Hall–Kier alpha value is -0.570. The smallest absolute Gasteiger partial charge is 0.226 e. The lowest BCUT2D eigenvalue weighted by Gasteiger charge is -2.35. The van der Waals surface area contributed by atoms with E-state index in [1.165, 1.54) is 38.5 Å². The van der Waals surface area contributed by atoms with E-state index in [4.69, 9.17) is 0 Å². The lowest BCUT2D eigenvalue weighted by atomic mass is 9.79. The summed E-state index contributed by atoms with van der Waals surface area (Å²) in [5, 5.41) is 6.34. The zero-order chi connectivity index (χ0) is 17.1. The number of hydrogen-bond donors (Lipinski definition) is 2. The van der Waals surface area contributed by atoms with Gasteiger partial charge in [0.15, 0.2) is 0 Å². The molecule has 0 spiro atoms. The van der Waals surface area contributed by atoms with Gasteiger partial charge in [0.2, 0.25) is 5.91 Å². The summed E-state index contributed by atoms with van der Waals surface area (Å²) in [5.74, 6) is 0.200. The first-order valence-electron chi connectivity index (χ1n) is 9.37. The molecule has 0 unspecified atom stereocenters. The van der Waals surface area contributed by atoms with Gasteiger partial charge in [-0.2, -0.15) is 0 Å².